The van der Waals surface area contributed by atoms with Crippen molar-refractivity contribution < 1.29 is 9.59 Å². The predicted molar refractivity (Wildman–Crippen MR) is 85.7 cm³/mol. The normalized spacial score (nSPS) is 19.5. The Balaban J connectivity index is 2.14. The molecule has 1 aromatic rings. The Morgan fingerprint density at radius 1 is 1.38 bits per heavy atom. The van der Waals surface area contributed by atoms with Gasteiger partial charge in [-0.3, -0.25) is 9.59 Å². The van der Waals surface area contributed by atoms with Crippen LogP contribution in [0.4, 0.5) is 0 Å². The lowest BCUT2D eigenvalue weighted by molar-refractivity contribution is -0.140. The summed E-state index contributed by atoms with van der Waals surface area (Å²) in [6.07, 6.45) is 0. The van der Waals surface area contributed by atoms with Gasteiger partial charge in [-0.25, -0.2) is 0 Å². The lowest BCUT2D eigenvalue weighted by Crippen LogP contribution is -2.58. The molecule has 0 saturated carbocycles. The van der Waals surface area contributed by atoms with Crippen LogP contribution in [-0.4, -0.2) is 47.3 Å². The van der Waals surface area contributed by atoms with Crippen LogP contribution in [0, 0.1) is 19.8 Å². The quantitative estimate of drug-likeness (QED) is 0.861. The average molecular weight is 308 g/mol. The summed E-state index contributed by atoms with van der Waals surface area (Å²) in [6.45, 7) is 12.0. The fourth-order valence-electron chi connectivity index (χ4n) is 2.83. The van der Waals surface area contributed by atoms with Gasteiger partial charge in [0.25, 0.3) is 5.91 Å². The molecule has 0 N–H and O–H groups in total. The Kier molecular flexibility index (Phi) is 4.71. The molecule has 0 bridgehead atoms. The van der Waals surface area contributed by atoms with Gasteiger partial charge >= 0.3 is 0 Å². The molecule has 1 unspecified atom stereocenters. The maximum Gasteiger partial charge on any atom is 0.255 e. The molecule has 1 aliphatic rings. The molecule has 2 rings (SSSR count). The zero-order chi connectivity index (χ0) is 15.7. The zero-order valence-corrected chi connectivity index (χ0v) is 14.3. The number of nitrogens with zero attached hydrogens (tertiary/aromatic N) is 2. The largest absolute Gasteiger partial charge is 0.339 e. The number of rotatable bonds is 3. The van der Waals surface area contributed by atoms with Crippen molar-refractivity contribution >= 4 is 23.2 Å². The fraction of sp³-hybridized carbons (Fsp3) is 0.625. The van der Waals surface area contributed by atoms with Crippen molar-refractivity contribution in [2.75, 3.05) is 19.6 Å². The van der Waals surface area contributed by atoms with Crippen LogP contribution in [0.5, 0.6) is 0 Å². The summed E-state index contributed by atoms with van der Waals surface area (Å²) >= 11 is 1.63. The van der Waals surface area contributed by atoms with Crippen LogP contribution in [0.1, 0.15) is 40.9 Å². The second-order valence-electron chi connectivity index (χ2n) is 6.18. The van der Waals surface area contributed by atoms with E-state index in [1.54, 1.807) is 16.2 Å². The minimum absolute atomic E-state index is 0.0121. The monoisotopic (exact) mass is 308 g/mol. The van der Waals surface area contributed by atoms with E-state index in [0.717, 1.165) is 21.9 Å². The Hall–Kier alpha value is -1.36. The highest BCUT2D eigenvalue weighted by atomic mass is 32.1. The molecule has 1 aromatic heterocycles. The topological polar surface area (TPSA) is 40.6 Å². The van der Waals surface area contributed by atoms with Crippen LogP contribution in [0.3, 0.4) is 0 Å². The molecule has 116 valence electrons. The van der Waals surface area contributed by atoms with Gasteiger partial charge < -0.3 is 9.80 Å². The van der Waals surface area contributed by atoms with Crippen LogP contribution < -0.4 is 0 Å². The molecule has 0 aliphatic carbocycles. The van der Waals surface area contributed by atoms with Crippen LogP contribution in [0.25, 0.3) is 0 Å². The number of carbonyl (C=O) groups excluding carboxylic acids is 2. The lowest BCUT2D eigenvalue weighted by atomic mass is 10.1. The molecule has 5 heteroatoms. The summed E-state index contributed by atoms with van der Waals surface area (Å²) in [5, 5.41) is 0. The van der Waals surface area contributed by atoms with Gasteiger partial charge in [-0.05, 0) is 32.8 Å². The summed E-state index contributed by atoms with van der Waals surface area (Å²) in [7, 11) is 0. The molecular weight excluding hydrogens is 284 g/mol. The van der Waals surface area contributed by atoms with E-state index in [9.17, 15) is 9.59 Å². The highest BCUT2D eigenvalue weighted by Gasteiger charge is 2.35. The number of thiophene rings is 1. The Labute approximate surface area is 130 Å². The molecule has 1 aliphatic heterocycles. The summed E-state index contributed by atoms with van der Waals surface area (Å²) in [5.41, 5.74) is 0.745. The number of hydrogen-bond acceptors (Lipinski definition) is 3. The third-order valence-corrected chi connectivity index (χ3v) is 4.83. The average Bonchev–Trinajstić information content (AvgIpc) is 2.73. The molecule has 4 nitrogen and oxygen atoms in total. The first-order valence-corrected chi connectivity index (χ1v) is 8.29. The van der Waals surface area contributed by atoms with Crippen molar-refractivity contribution in [2.45, 2.75) is 40.7 Å². The first-order valence-electron chi connectivity index (χ1n) is 7.48. The van der Waals surface area contributed by atoms with Gasteiger partial charge in [0.1, 0.15) is 6.04 Å². The number of piperazine rings is 1. The van der Waals surface area contributed by atoms with Crippen molar-refractivity contribution in [2.24, 2.45) is 5.92 Å². The number of hydrogen-bond donors (Lipinski definition) is 0. The predicted octanol–water partition coefficient (Wildman–Crippen LogP) is 2.69. The van der Waals surface area contributed by atoms with Crippen molar-refractivity contribution in [3.05, 3.63) is 21.4 Å². The van der Waals surface area contributed by atoms with Crippen molar-refractivity contribution in [3.63, 3.8) is 0 Å². The molecule has 0 aromatic carbocycles. The third-order valence-electron chi connectivity index (χ3n) is 3.87. The van der Waals surface area contributed by atoms with E-state index in [1.165, 1.54) is 0 Å². The zero-order valence-electron chi connectivity index (χ0n) is 13.5. The minimum atomic E-state index is -0.371. The number of aryl methyl sites for hydroxylation is 2. The smallest absolute Gasteiger partial charge is 0.255 e. The second kappa shape index (κ2) is 6.18. The molecule has 0 radical (unpaired) electrons. The van der Waals surface area contributed by atoms with Crippen LogP contribution in [0.2, 0.25) is 0 Å². The molecular formula is C16H24N2O2S. The fourth-order valence-corrected chi connectivity index (χ4v) is 3.74. The Bertz CT molecular complexity index is 550. The number of amides is 2. The van der Waals surface area contributed by atoms with Gasteiger partial charge in [-0.15, -0.1) is 11.3 Å². The maximum atomic E-state index is 12.7. The number of carbonyl (C=O) groups is 2. The minimum Gasteiger partial charge on any atom is -0.339 e. The van der Waals surface area contributed by atoms with Crippen LogP contribution in [0.15, 0.2) is 6.07 Å². The highest BCUT2D eigenvalue weighted by Crippen LogP contribution is 2.24. The highest BCUT2D eigenvalue weighted by molar-refractivity contribution is 7.12. The summed E-state index contributed by atoms with van der Waals surface area (Å²) in [6, 6.07) is 1.56. The van der Waals surface area contributed by atoms with E-state index in [4.69, 9.17) is 0 Å². The summed E-state index contributed by atoms with van der Waals surface area (Å²) < 4.78 is 0. The van der Waals surface area contributed by atoms with E-state index in [1.807, 2.05) is 31.7 Å². The van der Waals surface area contributed by atoms with Gasteiger partial charge in [0, 0.05) is 29.4 Å². The standard InChI is InChI=1S/C16H24N2O2S/c1-10(2)9-17-6-7-18(12(4)15(17)19)16(20)14-8-11(3)21-13(14)5/h8,10,12H,6-7,9H2,1-5H3. The first-order chi connectivity index (χ1) is 9.81. The molecule has 2 heterocycles. The SMILES string of the molecule is Cc1cc(C(=O)N2CCN(CC(C)C)C(=O)C2C)c(C)s1. The maximum absolute atomic E-state index is 12.7. The lowest BCUT2D eigenvalue weighted by Gasteiger charge is -2.39. The second-order valence-corrected chi connectivity index (χ2v) is 7.64. The van der Waals surface area contributed by atoms with Crippen molar-refractivity contribution in [1.29, 1.82) is 0 Å². The molecule has 1 atom stereocenters. The first kappa shape index (κ1) is 16.0. The van der Waals surface area contributed by atoms with E-state index >= 15 is 0 Å². The Morgan fingerprint density at radius 3 is 2.57 bits per heavy atom. The molecule has 2 amide bonds. The van der Waals surface area contributed by atoms with Crippen molar-refractivity contribution in [3.8, 4) is 0 Å². The van der Waals surface area contributed by atoms with Crippen LogP contribution in [-0.2, 0) is 4.79 Å². The van der Waals surface area contributed by atoms with Crippen molar-refractivity contribution in [1.82, 2.24) is 9.80 Å². The summed E-state index contributed by atoms with van der Waals surface area (Å²) in [5.74, 6) is 0.500. The van der Waals surface area contributed by atoms with E-state index in [0.29, 0.717) is 19.0 Å². The third kappa shape index (κ3) is 3.28. The molecule has 21 heavy (non-hydrogen) atoms. The molecule has 1 fully saturated rings. The van der Waals surface area contributed by atoms with E-state index in [-0.39, 0.29) is 17.9 Å². The van der Waals surface area contributed by atoms with E-state index in [2.05, 4.69) is 13.8 Å². The van der Waals surface area contributed by atoms with Gasteiger partial charge in [0.05, 0.1) is 5.56 Å². The van der Waals surface area contributed by atoms with E-state index < -0.39 is 0 Å². The van der Waals surface area contributed by atoms with Gasteiger partial charge in [0.2, 0.25) is 5.91 Å². The molecule has 1 saturated heterocycles. The van der Waals surface area contributed by atoms with Gasteiger partial charge in [0.15, 0.2) is 0 Å². The molecule has 0 spiro atoms. The van der Waals surface area contributed by atoms with Gasteiger partial charge in [-0.1, -0.05) is 13.8 Å². The Morgan fingerprint density at radius 2 is 2.05 bits per heavy atom. The van der Waals surface area contributed by atoms with Crippen LogP contribution >= 0.6 is 11.3 Å². The summed E-state index contributed by atoms with van der Waals surface area (Å²) in [4.78, 5) is 30.9. The van der Waals surface area contributed by atoms with Gasteiger partial charge in [-0.2, -0.15) is 0 Å².